The minimum Gasteiger partial charge on any atom is -0.508 e. The van der Waals surface area contributed by atoms with Crippen LogP contribution in [-0.4, -0.2) is 23.0 Å². The molecule has 0 fully saturated rings. The van der Waals surface area contributed by atoms with Gasteiger partial charge in [0.25, 0.3) is 0 Å². The Kier molecular flexibility index (Phi) is 7.24. The van der Waals surface area contributed by atoms with Crippen LogP contribution in [0.15, 0.2) is 63.5 Å². The number of phenolic OH excluding ortho intramolecular Hbond substituents is 1. The van der Waals surface area contributed by atoms with Crippen LogP contribution in [0.3, 0.4) is 0 Å². The van der Waals surface area contributed by atoms with E-state index in [9.17, 15) is 19.0 Å². The molecule has 3 aromatic rings. The average molecular weight is 560 g/mol. The van der Waals surface area contributed by atoms with Crippen LogP contribution < -0.4 is 9.47 Å². The second kappa shape index (κ2) is 9.52. The Labute approximate surface area is 190 Å². The van der Waals surface area contributed by atoms with Crippen LogP contribution in [0.2, 0.25) is 0 Å². The smallest absolute Gasteiger partial charge is 0.233 e. The molecule has 0 aliphatic rings. The molecule has 0 saturated carbocycles. The second-order valence-electron chi connectivity index (χ2n) is 6.74. The summed E-state index contributed by atoms with van der Waals surface area (Å²) in [6.07, 6.45) is 0.119. The minimum absolute atomic E-state index is 0.113. The molecule has 0 saturated heterocycles. The number of halogens is 3. The van der Waals surface area contributed by atoms with Gasteiger partial charge in [-0.25, -0.2) is 4.39 Å². The van der Waals surface area contributed by atoms with E-state index in [0.717, 1.165) is 5.56 Å². The summed E-state index contributed by atoms with van der Waals surface area (Å²) in [5.74, 6) is 1.17. The molecule has 5 nitrogen and oxygen atoms in total. The Balaban J connectivity index is 1.80. The first-order chi connectivity index (χ1) is 14.1. The van der Waals surface area contributed by atoms with Crippen LogP contribution in [0.25, 0.3) is 0 Å². The van der Waals surface area contributed by atoms with Gasteiger partial charge in [-0.1, -0.05) is 12.1 Å². The van der Waals surface area contributed by atoms with E-state index in [1.54, 1.807) is 36.4 Å². The molecule has 1 unspecified atom stereocenters. The van der Waals surface area contributed by atoms with Gasteiger partial charge in [0.2, 0.25) is 7.37 Å². The van der Waals surface area contributed by atoms with Crippen molar-refractivity contribution in [1.29, 1.82) is 0 Å². The molecule has 1 atom stereocenters. The van der Waals surface area contributed by atoms with Crippen molar-refractivity contribution in [2.24, 2.45) is 0 Å². The van der Waals surface area contributed by atoms with Crippen LogP contribution in [0.1, 0.15) is 11.1 Å². The average Bonchev–Trinajstić information content (AvgIpc) is 2.66. The molecule has 0 bridgehead atoms. The van der Waals surface area contributed by atoms with Gasteiger partial charge in [0, 0.05) is 18.6 Å². The lowest BCUT2D eigenvalue weighted by Crippen LogP contribution is -1.98. The standard InChI is InChI=1S/C21H18Br2FO5P/c1-30(26,27)12-28-17-10-18(22)21(19(23)11-17)29-16-6-7-20(25)14(9-16)8-13-2-4-15(24)5-3-13/h2-7,9-11,25H,8,12H2,1H3,(H,26,27). The lowest BCUT2D eigenvalue weighted by Gasteiger charge is -2.14. The Morgan fingerprint density at radius 1 is 1.00 bits per heavy atom. The Bertz CT molecular complexity index is 1080. The van der Waals surface area contributed by atoms with Crippen LogP contribution in [0.5, 0.6) is 23.0 Å². The lowest BCUT2D eigenvalue weighted by atomic mass is 10.0. The summed E-state index contributed by atoms with van der Waals surface area (Å²) >= 11 is 6.84. The molecular weight excluding hydrogens is 542 g/mol. The predicted molar refractivity (Wildman–Crippen MR) is 120 cm³/mol. The first kappa shape index (κ1) is 22.8. The van der Waals surface area contributed by atoms with Gasteiger partial charge in [0.1, 0.15) is 23.1 Å². The Morgan fingerprint density at radius 2 is 1.63 bits per heavy atom. The summed E-state index contributed by atoms with van der Waals surface area (Å²) in [6, 6.07) is 14.2. The van der Waals surface area contributed by atoms with E-state index in [1.165, 1.54) is 24.9 Å². The van der Waals surface area contributed by atoms with Crippen molar-refractivity contribution >= 4 is 39.2 Å². The maximum absolute atomic E-state index is 13.1. The van der Waals surface area contributed by atoms with Crippen LogP contribution in [0, 0.1) is 5.82 Å². The van der Waals surface area contributed by atoms with Crippen LogP contribution >= 0.6 is 39.2 Å². The zero-order chi connectivity index (χ0) is 21.9. The minimum atomic E-state index is -3.30. The van der Waals surface area contributed by atoms with Crippen molar-refractivity contribution in [3.63, 3.8) is 0 Å². The topological polar surface area (TPSA) is 76.0 Å². The van der Waals surface area contributed by atoms with Gasteiger partial charge in [-0.2, -0.15) is 0 Å². The zero-order valence-corrected chi connectivity index (χ0v) is 19.9. The maximum Gasteiger partial charge on any atom is 0.233 e. The number of benzene rings is 3. The molecule has 0 aliphatic carbocycles. The van der Waals surface area contributed by atoms with E-state index in [-0.39, 0.29) is 17.9 Å². The molecule has 0 amide bonds. The van der Waals surface area contributed by atoms with E-state index in [1.807, 2.05) is 0 Å². The molecule has 0 heterocycles. The first-order valence-electron chi connectivity index (χ1n) is 8.76. The van der Waals surface area contributed by atoms with Gasteiger partial charge in [-0.15, -0.1) is 0 Å². The Morgan fingerprint density at radius 3 is 2.23 bits per heavy atom. The number of hydrogen-bond acceptors (Lipinski definition) is 4. The summed E-state index contributed by atoms with van der Waals surface area (Å²) in [7, 11) is -3.30. The molecule has 0 radical (unpaired) electrons. The first-order valence-corrected chi connectivity index (χ1v) is 12.6. The van der Waals surface area contributed by atoms with E-state index in [4.69, 9.17) is 9.47 Å². The third kappa shape index (κ3) is 6.32. The van der Waals surface area contributed by atoms with Crippen LogP contribution in [0.4, 0.5) is 4.39 Å². The molecule has 3 aromatic carbocycles. The number of ether oxygens (including phenoxy) is 2. The molecule has 2 N–H and O–H groups in total. The fraction of sp³-hybridized carbons (Fsp3) is 0.143. The third-order valence-corrected chi connectivity index (χ3v) is 5.81. The summed E-state index contributed by atoms with van der Waals surface area (Å²) in [4.78, 5) is 9.38. The van der Waals surface area contributed by atoms with Gasteiger partial charge < -0.3 is 19.5 Å². The van der Waals surface area contributed by atoms with Gasteiger partial charge in [0.05, 0.1) is 8.95 Å². The SMILES string of the molecule is CP(=O)(O)COc1cc(Br)c(Oc2ccc(O)c(Cc3ccc(F)cc3)c2)c(Br)c1. The van der Waals surface area contributed by atoms with Crippen molar-refractivity contribution < 1.29 is 28.4 Å². The normalized spacial score (nSPS) is 13.0. The Hall–Kier alpha value is -1.86. The van der Waals surface area contributed by atoms with Crippen molar-refractivity contribution in [2.75, 3.05) is 13.0 Å². The molecule has 0 aliphatic heterocycles. The highest BCUT2D eigenvalue weighted by atomic mass is 79.9. The quantitative estimate of drug-likeness (QED) is 0.316. The largest absolute Gasteiger partial charge is 0.508 e. The fourth-order valence-corrected chi connectivity index (χ4v) is 4.31. The van der Waals surface area contributed by atoms with Gasteiger partial charge in [-0.05, 0) is 79.9 Å². The van der Waals surface area contributed by atoms with Crippen molar-refractivity contribution in [1.82, 2.24) is 0 Å². The van der Waals surface area contributed by atoms with Crippen LogP contribution in [-0.2, 0) is 11.0 Å². The summed E-state index contributed by atoms with van der Waals surface area (Å²) in [5, 5.41) is 10.2. The van der Waals surface area contributed by atoms with Crippen molar-refractivity contribution in [2.45, 2.75) is 6.42 Å². The summed E-state index contributed by atoms with van der Waals surface area (Å²) < 4.78 is 37.0. The number of hydrogen-bond donors (Lipinski definition) is 2. The molecule has 158 valence electrons. The van der Waals surface area contributed by atoms with Gasteiger partial charge in [0.15, 0.2) is 12.1 Å². The highest BCUT2D eigenvalue weighted by Gasteiger charge is 2.15. The van der Waals surface area contributed by atoms with E-state index < -0.39 is 7.37 Å². The molecule has 30 heavy (non-hydrogen) atoms. The molecule has 0 spiro atoms. The second-order valence-corrected chi connectivity index (χ2v) is 10.8. The van der Waals surface area contributed by atoms with Gasteiger partial charge in [-0.3, -0.25) is 4.57 Å². The summed E-state index contributed by atoms with van der Waals surface area (Å²) in [6.45, 7) is 1.23. The van der Waals surface area contributed by atoms with Crippen molar-refractivity contribution in [3.05, 3.63) is 80.5 Å². The van der Waals surface area contributed by atoms with E-state index in [0.29, 0.717) is 38.2 Å². The zero-order valence-electron chi connectivity index (χ0n) is 15.8. The van der Waals surface area contributed by atoms with E-state index in [2.05, 4.69) is 31.9 Å². The van der Waals surface area contributed by atoms with Crippen molar-refractivity contribution in [3.8, 4) is 23.0 Å². The fourth-order valence-electron chi connectivity index (χ4n) is 2.62. The molecule has 9 heteroatoms. The number of aromatic hydroxyl groups is 1. The number of phenols is 1. The predicted octanol–water partition coefficient (Wildman–Crippen LogP) is 6.68. The molecule has 0 aromatic heterocycles. The van der Waals surface area contributed by atoms with Gasteiger partial charge >= 0.3 is 0 Å². The maximum atomic E-state index is 13.1. The molecule has 3 rings (SSSR count). The van der Waals surface area contributed by atoms with E-state index >= 15 is 0 Å². The summed E-state index contributed by atoms with van der Waals surface area (Å²) in [5.41, 5.74) is 1.48. The highest BCUT2D eigenvalue weighted by Crippen LogP contribution is 2.42. The highest BCUT2D eigenvalue weighted by molar-refractivity contribution is 9.11. The monoisotopic (exact) mass is 558 g/mol. The molecular formula is C21H18Br2FO5P. The number of rotatable bonds is 7. The lowest BCUT2D eigenvalue weighted by molar-refractivity contribution is 0.351. The third-order valence-electron chi connectivity index (χ3n) is 4.02.